The van der Waals surface area contributed by atoms with Crippen LogP contribution in [0.25, 0.3) is 0 Å². The zero-order chi connectivity index (χ0) is 14.4. The monoisotopic (exact) mass is 332 g/mol. The molecule has 0 bridgehead atoms. The van der Waals surface area contributed by atoms with Gasteiger partial charge < -0.3 is 19.7 Å². The molecule has 0 aliphatic carbocycles. The summed E-state index contributed by atoms with van der Waals surface area (Å²) in [4.78, 5) is 24.8. The average Bonchev–Trinajstić information content (AvgIpc) is 2.74. The number of hydrogen-bond acceptors (Lipinski definition) is 4. The van der Waals surface area contributed by atoms with Crippen molar-refractivity contribution in [2.45, 2.75) is 19.4 Å². The highest BCUT2D eigenvalue weighted by molar-refractivity contribution is 9.10. The van der Waals surface area contributed by atoms with Gasteiger partial charge in [0, 0.05) is 19.7 Å². The van der Waals surface area contributed by atoms with E-state index in [0.29, 0.717) is 11.1 Å². The molecule has 1 aromatic heterocycles. The minimum absolute atomic E-state index is 0.0106. The van der Waals surface area contributed by atoms with Crippen LogP contribution >= 0.6 is 15.9 Å². The minimum atomic E-state index is -0.365. The molecule has 1 unspecified atom stereocenters. The normalized spacial score (nSPS) is 12.0. The van der Waals surface area contributed by atoms with Crippen molar-refractivity contribution >= 4 is 27.7 Å². The quantitative estimate of drug-likeness (QED) is 0.814. The number of nitrogens with one attached hydrogen (secondary N) is 1. The molecule has 0 spiro atoms. The van der Waals surface area contributed by atoms with Gasteiger partial charge in [0.05, 0.1) is 6.54 Å². The average molecular weight is 333 g/mol. The zero-order valence-corrected chi connectivity index (χ0v) is 12.4. The maximum atomic E-state index is 11.9. The van der Waals surface area contributed by atoms with Gasteiger partial charge in [0.15, 0.2) is 10.4 Å². The van der Waals surface area contributed by atoms with Gasteiger partial charge in [-0.3, -0.25) is 9.59 Å². The van der Waals surface area contributed by atoms with Crippen molar-refractivity contribution in [3.63, 3.8) is 0 Å². The standard InChI is InChI=1S/C12H17BrN2O4/c1-8(5-6-16)14-11(17)7-15(2)12(18)9-3-4-10(13)19-9/h3-4,8,16H,5-7H2,1-2H3,(H,14,17). The number of likely N-dealkylation sites (N-methyl/N-ethyl adjacent to an activating group) is 1. The molecule has 0 saturated heterocycles. The van der Waals surface area contributed by atoms with Gasteiger partial charge in [0.25, 0.3) is 5.91 Å². The highest BCUT2D eigenvalue weighted by Gasteiger charge is 2.18. The number of furan rings is 1. The lowest BCUT2D eigenvalue weighted by Gasteiger charge is -2.18. The van der Waals surface area contributed by atoms with E-state index in [1.54, 1.807) is 13.0 Å². The zero-order valence-electron chi connectivity index (χ0n) is 10.9. The van der Waals surface area contributed by atoms with Gasteiger partial charge in [0.2, 0.25) is 5.91 Å². The molecule has 19 heavy (non-hydrogen) atoms. The van der Waals surface area contributed by atoms with Gasteiger partial charge in [-0.25, -0.2) is 0 Å². The number of carbonyl (C=O) groups excluding carboxylic acids is 2. The number of hydrogen-bond donors (Lipinski definition) is 2. The fourth-order valence-electron chi connectivity index (χ4n) is 1.49. The number of aliphatic hydroxyl groups excluding tert-OH is 1. The van der Waals surface area contributed by atoms with Gasteiger partial charge >= 0.3 is 0 Å². The summed E-state index contributed by atoms with van der Waals surface area (Å²) in [6.45, 7) is 1.74. The van der Waals surface area contributed by atoms with Crippen LogP contribution in [0.5, 0.6) is 0 Å². The number of amides is 2. The first-order chi connectivity index (χ1) is 8.93. The molecule has 0 aliphatic heterocycles. The first-order valence-electron chi connectivity index (χ1n) is 5.85. The minimum Gasteiger partial charge on any atom is -0.444 e. The van der Waals surface area contributed by atoms with Crippen molar-refractivity contribution in [2.24, 2.45) is 0 Å². The molecular formula is C12H17BrN2O4. The van der Waals surface area contributed by atoms with E-state index < -0.39 is 0 Å². The van der Waals surface area contributed by atoms with Gasteiger partial charge in [-0.1, -0.05) is 0 Å². The molecule has 1 heterocycles. The van der Waals surface area contributed by atoms with Crippen LogP contribution in [-0.4, -0.2) is 48.1 Å². The summed E-state index contributed by atoms with van der Waals surface area (Å²) >= 11 is 3.11. The number of carbonyl (C=O) groups is 2. The smallest absolute Gasteiger partial charge is 0.289 e. The van der Waals surface area contributed by atoms with E-state index in [-0.39, 0.29) is 36.8 Å². The Morgan fingerprint density at radius 1 is 1.53 bits per heavy atom. The van der Waals surface area contributed by atoms with E-state index >= 15 is 0 Å². The van der Waals surface area contributed by atoms with Gasteiger partial charge in [-0.05, 0) is 41.4 Å². The van der Waals surface area contributed by atoms with Crippen LogP contribution in [0.2, 0.25) is 0 Å². The lowest BCUT2D eigenvalue weighted by molar-refractivity contribution is -0.122. The highest BCUT2D eigenvalue weighted by Crippen LogP contribution is 2.15. The Kier molecular flexibility index (Phi) is 6.04. The van der Waals surface area contributed by atoms with Crippen LogP contribution in [0, 0.1) is 0 Å². The topological polar surface area (TPSA) is 82.8 Å². The lowest BCUT2D eigenvalue weighted by Crippen LogP contribution is -2.42. The van der Waals surface area contributed by atoms with E-state index in [4.69, 9.17) is 9.52 Å². The molecule has 0 fully saturated rings. The Morgan fingerprint density at radius 2 is 2.21 bits per heavy atom. The first kappa shape index (κ1) is 15.7. The van der Waals surface area contributed by atoms with E-state index in [2.05, 4.69) is 21.2 Å². The molecule has 1 rings (SSSR count). The first-order valence-corrected chi connectivity index (χ1v) is 6.64. The van der Waals surface area contributed by atoms with E-state index in [0.717, 1.165) is 0 Å². The van der Waals surface area contributed by atoms with Crippen LogP contribution in [-0.2, 0) is 4.79 Å². The third kappa shape index (κ3) is 5.04. The Labute approximate surface area is 119 Å². The summed E-state index contributed by atoms with van der Waals surface area (Å²) < 4.78 is 5.59. The maximum absolute atomic E-state index is 11.9. The molecule has 106 valence electrons. The van der Waals surface area contributed by atoms with Crippen LogP contribution < -0.4 is 5.32 Å². The molecule has 2 amide bonds. The maximum Gasteiger partial charge on any atom is 0.289 e. The third-order valence-electron chi connectivity index (χ3n) is 2.48. The molecule has 0 aromatic carbocycles. The van der Waals surface area contributed by atoms with Crippen molar-refractivity contribution in [3.8, 4) is 0 Å². The van der Waals surface area contributed by atoms with Crippen molar-refractivity contribution in [1.29, 1.82) is 0 Å². The predicted octanol–water partition coefficient (Wildman–Crippen LogP) is 1.00. The summed E-state index contributed by atoms with van der Waals surface area (Å²) in [6.07, 6.45) is 0.481. The summed E-state index contributed by atoms with van der Waals surface area (Å²) in [6, 6.07) is 3.03. The third-order valence-corrected chi connectivity index (χ3v) is 2.91. The van der Waals surface area contributed by atoms with Gasteiger partial charge in [-0.2, -0.15) is 0 Å². The lowest BCUT2D eigenvalue weighted by atomic mass is 10.2. The number of aliphatic hydroxyl groups is 1. The molecule has 1 aromatic rings. The highest BCUT2D eigenvalue weighted by atomic mass is 79.9. The predicted molar refractivity (Wildman–Crippen MR) is 72.7 cm³/mol. The Hall–Kier alpha value is -1.34. The summed E-state index contributed by atoms with van der Waals surface area (Å²) in [5, 5.41) is 11.4. The molecule has 0 aliphatic rings. The largest absolute Gasteiger partial charge is 0.444 e. The van der Waals surface area contributed by atoms with E-state index in [1.807, 2.05) is 0 Å². The Bertz CT molecular complexity index is 447. The Morgan fingerprint density at radius 3 is 2.74 bits per heavy atom. The number of halogens is 1. The van der Waals surface area contributed by atoms with Crippen molar-refractivity contribution in [3.05, 3.63) is 22.6 Å². The molecule has 6 nitrogen and oxygen atoms in total. The summed E-state index contributed by atoms with van der Waals surface area (Å²) in [5.41, 5.74) is 0. The van der Waals surface area contributed by atoms with Crippen molar-refractivity contribution in [2.75, 3.05) is 20.2 Å². The summed E-state index contributed by atoms with van der Waals surface area (Å²) in [7, 11) is 1.52. The molecular weight excluding hydrogens is 316 g/mol. The van der Waals surface area contributed by atoms with Gasteiger partial charge in [-0.15, -0.1) is 0 Å². The Balaban J connectivity index is 2.48. The second-order valence-corrected chi connectivity index (χ2v) is 5.03. The molecule has 0 saturated carbocycles. The van der Waals surface area contributed by atoms with Crippen LogP contribution in [0.4, 0.5) is 0 Å². The van der Waals surface area contributed by atoms with Crippen LogP contribution in [0.3, 0.4) is 0 Å². The molecule has 7 heteroatoms. The second kappa shape index (κ2) is 7.30. The number of rotatable bonds is 6. The van der Waals surface area contributed by atoms with Crippen molar-refractivity contribution in [1.82, 2.24) is 10.2 Å². The van der Waals surface area contributed by atoms with Crippen molar-refractivity contribution < 1.29 is 19.1 Å². The van der Waals surface area contributed by atoms with E-state index in [1.165, 1.54) is 18.0 Å². The SMILES string of the molecule is CC(CCO)NC(=O)CN(C)C(=O)c1ccc(Br)o1. The fourth-order valence-corrected chi connectivity index (χ4v) is 1.80. The summed E-state index contributed by atoms with van der Waals surface area (Å²) in [5.74, 6) is -0.469. The molecule has 2 N–H and O–H groups in total. The molecule has 0 radical (unpaired) electrons. The second-order valence-electron chi connectivity index (χ2n) is 4.25. The van der Waals surface area contributed by atoms with Crippen LogP contribution in [0.1, 0.15) is 23.9 Å². The molecule has 1 atom stereocenters. The van der Waals surface area contributed by atoms with Gasteiger partial charge in [0.1, 0.15) is 0 Å². The van der Waals surface area contributed by atoms with Crippen LogP contribution in [0.15, 0.2) is 21.2 Å². The fraction of sp³-hybridized carbons (Fsp3) is 0.500. The number of nitrogens with zero attached hydrogens (tertiary/aromatic N) is 1. The van der Waals surface area contributed by atoms with E-state index in [9.17, 15) is 9.59 Å².